The highest BCUT2D eigenvalue weighted by molar-refractivity contribution is 5.92. The largest absolute Gasteiger partial charge is 0.357 e. The molecule has 1 aliphatic heterocycles. The lowest BCUT2D eigenvalue weighted by molar-refractivity contribution is 0.0699. The Balaban J connectivity index is 1.81. The van der Waals surface area contributed by atoms with Crippen molar-refractivity contribution in [2.24, 2.45) is 5.92 Å². The number of aromatic amines is 1. The molecular weight excluding hydrogens is 290 g/mol. The van der Waals surface area contributed by atoms with Crippen LogP contribution in [0, 0.1) is 5.92 Å². The number of hydrogen-bond donors (Lipinski definition) is 1. The maximum atomic E-state index is 12.8. The molecule has 0 saturated heterocycles. The van der Waals surface area contributed by atoms with E-state index in [0.29, 0.717) is 18.2 Å². The maximum Gasteiger partial charge on any atom is 0.270 e. The van der Waals surface area contributed by atoms with Gasteiger partial charge in [0.2, 0.25) is 0 Å². The summed E-state index contributed by atoms with van der Waals surface area (Å²) in [5.41, 5.74) is 0.645. The standard InChI is InChI=1S/C17H25N5O/c1-3-20(4-2)10-14-11-21-9-8-19-16(21)13-22(12-14)17(23)15-6-5-7-18-15/h5-9,14,18H,3-4,10-13H2,1-2H3. The zero-order chi connectivity index (χ0) is 16.2. The van der Waals surface area contributed by atoms with Crippen molar-refractivity contribution in [3.05, 3.63) is 42.2 Å². The van der Waals surface area contributed by atoms with Gasteiger partial charge in [0, 0.05) is 44.1 Å². The summed E-state index contributed by atoms with van der Waals surface area (Å²) >= 11 is 0. The predicted molar refractivity (Wildman–Crippen MR) is 89.0 cm³/mol. The fraction of sp³-hybridized carbons (Fsp3) is 0.529. The molecule has 2 aromatic rings. The number of carbonyl (C=O) groups excluding carboxylic acids is 1. The van der Waals surface area contributed by atoms with Crippen LogP contribution in [-0.2, 0) is 13.1 Å². The van der Waals surface area contributed by atoms with Gasteiger partial charge in [0.15, 0.2) is 0 Å². The molecule has 6 heteroatoms. The summed E-state index contributed by atoms with van der Waals surface area (Å²) in [6, 6.07) is 3.69. The lowest BCUT2D eigenvalue weighted by Crippen LogP contribution is -2.39. The Morgan fingerprint density at radius 3 is 2.91 bits per heavy atom. The molecule has 0 fully saturated rings. The minimum Gasteiger partial charge on any atom is -0.357 e. The lowest BCUT2D eigenvalue weighted by atomic mass is 10.1. The summed E-state index contributed by atoms with van der Waals surface area (Å²) in [4.78, 5) is 24.6. The van der Waals surface area contributed by atoms with E-state index in [1.807, 2.05) is 29.4 Å². The Morgan fingerprint density at radius 2 is 2.22 bits per heavy atom. The van der Waals surface area contributed by atoms with Gasteiger partial charge in [-0.1, -0.05) is 13.8 Å². The molecule has 0 saturated carbocycles. The van der Waals surface area contributed by atoms with E-state index in [0.717, 1.165) is 38.5 Å². The summed E-state index contributed by atoms with van der Waals surface area (Å²) in [7, 11) is 0. The molecule has 0 aromatic carbocycles. The highest BCUT2D eigenvalue weighted by Crippen LogP contribution is 2.18. The Bertz CT molecular complexity index is 629. The van der Waals surface area contributed by atoms with Gasteiger partial charge in [-0.25, -0.2) is 4.98 Å². The summed E-state index contributed by atoms with van der Waals surface area (Å²) in [5.74, 6) is 1.42. The lowest BCUT2D eigenvalue weighted by Gasteiger charge is -2.28. The first-order valence-corrected chi connectivity index (χ1v) is 8.36. The molecule has 1 atom stereocenters. The van der Waals surface area contributed by atoms with Crippen molar-refractivity contribution in [3.63, 3.8) is 0 Å². The van der Waals surface area contributed by atoms with Gasteiger partial charge in [-0.2, -0.15) is 0 Å². The van der Waals surface area contributed by atoms with Crippen LogP contribution in [0.4, 0.5) is 0 Å². The number of nitrogens with zero attached hydrogens (tertiary/aromatic N) is 4. The van der Waals surface area contributed by atoms with E-state index in [9.17, 15) is 4.79 Å². The van der Waals surface area contributed by atoms with Crippen LogP contribution in [0.25, 0.3) is 0 Å². The quantitative estimate of drug-likeness (QED) is 0.916. The third-order valence-electron chi connectivity index (χ3n) is 4.59. The summed E-state index contributed by atoms with van der Waals surface area (Å²) < 4.78 is 2.19. The molecule has 1 aliphatic rings. The molecule has 3 rings (SSSR count). The molecule has 1 N–H and O–H groups in total. The van der Waals surface area contributed by atoms with Gasteiger partial charge >= 0.3 is 0 Å². The molecule has 1 unspecified atom stereocenters. The summed E-state index contributed by atoms with van der Waals surface area (Å²) in [6.07, 6.45) is 5.64. The molecule has 3 heterocycles. The molecule has 0 spiro atoms. The van der Waals surface area contributed by atoms with Crippen LogP contribution in [0.1, 0.15) is 30.2 Å². The average Bonchev–Trinajstić information content (AvgIpc) is 3.21. The van der Waals surface area contributed by atoms with Crippen molar-refractivity contribution in [1.82, 2.24) is 24.3 Å². The van der Waals surface area contributed by atoms with Crippen LogP contribution in [0.2, 0.25) is 0 Å². The minimum absolute atomic E-state index is 0.0518. The first-order chi connectivity index (χ1) is 11.2. The molecule has 0 bridgehead atoms. The highest BCUT2D eigenvalue weighted by atomic mass is 16.2. The predicted octanol–water partition coefficient (Wildman–Crippen LogP) is 1.83. The second-order valence-electron chi connectivity index (χ2n) is 6.12. The molecule has 124 valence electrons. The monoisotopic (exact) mass is 315 g/mol. The molecular formula is C17H25N5O. The molecule has 1 amide bonds. The normalized spacial score (nSPS) is 18.0. The summed E-state index contributed by atoms with van der Waals surface area (Å²) in [5, 5.41) is 0. The van der Waals surface area contributed by atoms with Crippen LogP contribution >= 0.6 is 0 Å². The van der Waals surface area contributed by atoms with Gasteiger partial charge in [-0.3, -0.25) is 4.79 Å². The molecule has 0 radical (unpaired) electrons. The van der Waals surface area contributed by atoms with Crippen LogP contribution in [0.3, 0.4) is 0 Å². The molecule has 6 nitrogen and oxygen atoms in total. The topological polar surface area (TPSA) is 57.2 Å². The summed E-state index contributed by atoms with van der Waals surface area (Å²) in [6.45, 7) is 9.69. The Morgan fingerprint density at radius 1 is 1.39 bits per heavy atom. The second-order valence-corrected chi connectivity index (χ2v) is 6.12. The fourth-order valence-electron chi connectivity index (χ4n) is 3.29. The van der Waals surface area contributed by atoms with Gasteiger partial charge in [-0.05, 0) is 25.2 Å². The smallest absolute Gasteiger partial charge is 0.270 e. The van der Waals surface area contributed by atoms with Crippen molar-refractivity contribution < 1.29 is 4.79 Å². The second kappa shape index (κ2) is 7.00. The first-order valence-electron chi connectivity index (χ1n) is 8.36. The van der Waals surface area contributed by atoms with Gasteiger partial charge in [0.05, 0.1) is 6.54 Å². The SMILES string of the molecule is CCN(CC)CC1CN(C(=O)c2ccc[nH]2)Cc2nccn2C1. The van der Waals surface area contributed by atoms with Crippen molar-refractivity contribution >= 4 is 5.91 Å². The van der Waals surface area contributed by atoms with E-state index >= 15 is 0 Å². The van der Waals surface area contributed by atoms with Gasteiger partial charge in [-0.15, -0.1) is 0 Å². The van der Waals surface area contributed by atoms with Crippen molar-refractivity contribution in [1.29, 1.82) is 0 Å². The number of fused-ring (bicyclic) bond motifs is 1. The number of aromatic nitrogens is 3. The number of carbonyl (C=O) groups is 1. The average molecular weight is 315 g/mol. The third kappa shape index (κ3) is 3.47. The number of nitrogens with one attached hydrogen (secondary N) is 1. The molecule has 2 aromatic heterocycles. The third-order valence-corrected chi connectivity index (χ3v) is 4.59. The van der Waals surface area contributed by atoms with E-state index in [2.05, 4.69) is 33.3 Å². The van der Waals surface area contributed by atoms with Crippen LogP contribution in [0.5, 0.6) is 0 Å². The number of rotatable bonds is 5. The number of hydrogen-bond acceptors (Lipinski definition) is 3. The van der Waals surface area contributed by atoms with E-state index in [1.165, 1.54) is 0 Å². The maximum absolute atomic E-state index is 12.8. The highest BCUT2D eigenvalue weighted by Gasteiger charge is 2.27. The van der Waals surface area contributed by atoms with Crippen LogP contribution in [-0.4, -0.2) is 56.4 Å². The fourth-order valence-corrected chi connectivity index (χ4v) is 3.29. The van der Waals surface area contributed by atoms with Gasteiger partial charge in [0.25, 0.3) is 5.91 Å². The van der Waals surface area contributed by atoms with E-state index in [1.54, 1.807) is 6.20 Å². The van der Waals surface area contributed by atoms with Crippen molar-refractivity contribution in [2.45, 2.75) is 26.9 Å². The minimum atomic E-state index is 0.0518. The van der Waals surface area contributed by atoms with Gasteiger partial charge < -0.3 is 19.4 Å². The Hall–Kier alpha value is -2.08. The Labute approximate surface area is 137 Å². The number of amides is 1. The zero-order valence-electron chi connectivity index (χ0n) is 13.9. The first kappa shape index (κ1) is 15.8. The number of H-pyrrole nitrogens is 1. The van der Waals surface area contributed by atoms with Gasteiger partial charge in [0.1, 0.15) is 11.5 Å². The number of imidazole rings is 1. The Kier molecular flexibility index (Phi) is 4.81. The molecule has 0 aliphatic carbocycles. The van der Waals surface area contributed by atoms with E-state index in [4.69, 9.17) is 0 Å². The van der Waals surface area contributed by atoms with E-state index in [-0.39, 0.29) is 5.91 Å². The van der Waals surface area contributed by atoms with Crippen molar-refractivity contribution in [2.75, 3.05) is 26.2 Å². The van der Waals surface area contributed by atoms with Crippen molar-refractivity contribution in [3.8, 4) is 0 Å². The van der Waals surface area contributed by atoms with E-state index < -0.39 is 0 Å². The van der Waals surface area contributed by atoms with Crippen LogP contribution in [0.15, 0.2) is 30.7 Å². The zero-order valence-corrected chi connectivity index (χ0v) is 13.9. The molecule has 23 heavy (non-hydrogen) atoms. The van der Waals surface area contributed by atoms with Crippen LogP contribution < -0.4 is 0 Å².